The van der Waals surface area contributed by atoms with Gasteiger partial charge in [-0.3, -0.25) is 4.40 Å². The largest absolute Gasteiger partial charge is 0.507 e. The van der Waals surface area contributed by atoms with Crippen molar-refractivity contribution in [3.05, 3.63) is 71.0 Å². The topological polar surface area (TPSA) is 62.5 Å². The Morgan fingerprint density at radius 3 is 2.06 bits per heavy atom. The molecule has 0 saturated heterocycles. The molecule has 0 atom stereocenters. The minimum absolute atomic E-state index is 0.196. The van der Waals surface area contributed by atoms with Crippen molar-refractivity contribution in [1.29, 1.82) is 0 Å². The van der Waals surface area contributed by atoms with Gasteiger partial charge in [-0.1, -0.05) is 45.9 Å². The number of anilines is 2. The van der Waals surface area contributed by atoms with Crippen LogP contribution in [0.4, 0.5) is 11.5 Å². The maximum absolute atomic E-state index is 10.9. The van der Waals surface area contributed by atoms with Crippen molar-refractivity contribution in [2.45, 2.75) is 53.4 Å². The normalized spacial score (nSPS) is 11.6. The Balaban J connectivity index is 2.01. The highest BCUT2D eigenvalue weighted by molar-refractivity contribution is 5.80. The van der Waals surface area contributed by atoms with Gasteiger partial charge in [0.1, 0.15) is 17.3 Å². The molecule has 0 saturated carbocycles. The molecule has 5 nitrogen and oxygen atoms in total. The van der Waals surface area contributed by atoms with Crippen LogP contribution in [0.1, 0.15) is 62.0 Å². The summed E-state index contributed by atoms with van der Waals surface area (Å²) < 4.78 is 2.06. The van der Waals surface area contributed by atoms with Gasteiger partial charge < -0.3 is 10.4 Å². The van der Waals surface area contributed by atoms with Crippen molar-refractivity contribution in [2.75, 3.05) is 5.32 Å². The van der Waals surface area contributed by atoms with E-state index in [9.17, 15) is 5.11 Å². The molecule has 0 aliphatic rings. The summed E-state index contributed by atoms with van der Waals surface area (Å²) in [6, 6.07) is 16.3. The number of nitrogens with one attached hydrogen (secondary N) is 1. The van der Waals surface area contributed by atoms with Gasteiger partial charge in [0.25, 0.3) is 0 Å². The summed E-state index contributed by atoms with van der Waals surface area (Å²) in [4.78, 5) is 9.62. The van der Waals surface area contributed by atoms with Crippen LogP contribution in [0.3, 0.4) is 0 Å². The van der Waals surface area contributed by atoms with Crippen LogP contribution in [0.15, 0.2) is 48.5 Å². The number of nitrogens with zero attached hydrogens (tertiary/aromatic N) is 3. The second kappa shape index (κ2) is 8.06. The maximum atomic E-state index is 10.9. The molecule has 0 spiro atoms. The zero-order valence-electron chi connectivity index (χ0n) is 19.1. The predicted octanol–water partition coefficient (Wildman–Crippen LogP) is 6.71. The Hall–Kier alpha value is -3.34. The fraction of sp³-hybridized carbons (Fsp3) is 0.308. The van der Waals surface area contributed by atoms with Crippen LogP contribution < -0.4 is 5.32 Å². The maximum Gasteiger partial charge on any atom is 0.236 e. The fourth-order valence-electron chi connectivity index (χ4n) is 4.05. The average Bonchev–Trinajstić information content (AvgIpc) is 3.06. The van der Waals surface area contributed by atoms with Crippen LogP contribution >= 0.6 is 0 Å². The van der Waals surface area contributed by atoms with E-state index < -0.39 is 0 Å². The van der Waals surface area contributed by atoms with Crippen LogP contribution in [0, 0.1) is 13.8 Å². The number of rotatable bonds is 5. The van der Waals surface area contributed by atoms with E-state index in [1.54, 1.807) is 0 Å². The van der Waals surface area contributed by atoms with Crippen molar-refractivity contribution < 1.29 is 5.11 Å². The highest BCUT2D eigenvalue weighted by atomic mass is 16.3. The molecule has 160 valence electrons. The monoisotopic (exact) mass is 414 g/mol. The van der Waals surface area contributed by atoms with Gasteiger partial charge in [0.15, 0.2) is 0 Å². The number of aromatic nitrogens is 3. The molecule has 4 rings (SSSR count). The first-order valence-electron chi connectivity index (χ1n) is 10.8. The van der Waals surface area contributed by atoms with E-state index in [1.807, 2.05) is 37.3 Å². The lowest BCUT2D eigenvalue weighted by atomic mass is 9.90. The van der Waals surface area contributed by atoms with Crippen LogP contribution in [-0.2, 0) is 0 Å². The summed E-state index contributed by atoms with van der Waals surface area (Å²) in [5.74, 6) is 2.32. The van der Waals surface area contributed by atoms with Gasteiger partial charge >= 0.3 is 0 Å². The number of phenols is 1. The second-order valence-corrected chi connectivity index (χ2v) is 8.79. The molecule has 2 heterocycles. The molecule has 0 amide bonds. The molecule has 31 heavy (non-hydrogen) atoms. The second-order valence-electron chi connectivity index (χ2n) is 8.79. The van der Waals surface area contributed by atoms with E-state index >= 15 is 0 Å². The van der Waals surface area contributed by atoms with Gasteiger partial charge in [0.05, 0.1) is 0 Å². The number of hydrogen-bond donors (Lipinski definition) is 2. The third kappa shape index (κ3) is 3.88. The van der Waals surface area contributed by atoms with E-state index in [-0.39, 0.29) is 11.8 Å². The Morgan fingerprint density at radius 2 is 1.48 bits per heavy atom. The molecule has 4 aromatic rings. The van der Waals surface area contributed by atoms with Gasteiger partial charge in [0.2, 0.25) is 5.78 Å². The Labute approximate surface area is 183 Å². The zero-order chi connectivity index (χ0) is 22.3. The molecule has 0 bridgehead atoms. The number of phenolic OH excluding ortho intramolecular Hbond substituents is 1. The lowest BCUT2D eigenvalue weighted by molar-refractivity contribution is 0.454. The first-order chi connectivity index (χ1) is 14.8. The van der Waals surface area contributed by atoms with Crippen molar-refractivity contribution >= 4 is 17.3 Å². The first kappa shape index (κ1) is 20.9. The molecule has 0 aliphatic heterocycles. The minimum Gasteiger partial charge on any atom is -0.507 e. The third-order valence-corrected chi connectivity index (χ3v) is 5.63. The number of hydrogen-bond acceptors (Lipinski definition) is 4. The van der Waals surface area contributed by atoms with Crippen LogP contribution in [0.25, 0.3) is 17.0 Å². The molecular formula is C26H30N4O. The van der Waals surface area contributed by atoms with E-state index in [4.69, 9.17) is 4.98 Å². The number of fused-ring (bicyclic) bond motifs is 1. The quantitative estimate of drug-likeness (QED) is 0.381. The van der Waals surface area contributed by atoms with Crippen molar-refractivity contribution in [3.8, 4) is 17.0 Å². The van der Waals surface area contributed by atoms with Crippen LogP contribution in [0.5, 0.6) is 5.75 Å². The van der Waals surface area contributed by atoms with Gasteiger partial charge in [0, 0.05) is 22.6 Å². The fourth-order valence-corrected chi connectivity index (χ4v) is 4.05. The first-order valence-corrected chi connectivity index (χ1v) is 10.8. The third-order valence-electron chi connectivity index (χ3n) is 5.63. The van der Waals surface area contributed by atoms with E-state index in [0.29, 0.717) is 11.5 Å². The lowest BCUT2D eigenvalue weighted by Gasteiger charge is -2.18. The summed E-state index contributed by atoms with van der Waals surface area (Å²) in [5.41, 5.74) is 6.66. The molecule has 5 heteroatoms. The van der Waals surface area contributed by atoms with Gasteiger partial charge in [-0.2, -0.15) is 0 Å². The van der Waals surface area contributed by atoms with Crippen molar-refractivity contribution in [1.82, 2.24) is 14.4 Å². The predicted molar refractivity (Wildman–Crippen MR) is 127 cm³/mol. The highest BCUT2D eigenvalue weighted by Gasteiger charge is 2.21. The molecule has 0 aliphatic carbocycles. The Morgan fingerprint density at radius 1 is 0.871 bits per heavy atom. The van der Waals surface area contributed by atoms with Crippen LogP contribution in [0.2, 0.25) is 0 Å². The summed E-state index contributed by atoms with van der Waals surface area (Å²) in [7, 11) is 0. The number of aryl methyl sites for hydroxylation is 2. The number of para-hydroxylation sites is 1. The van der Waals surface area contributed by atoms with Gasteiger partial charge in [-0.15, -0.1) is 0 Å². The summed E-state index contributed by atoms with van der Waals surface area (Å²) in [5, 5.41) is 14.4. The number of imidazole rings is 1. The van der Waals surface area contributed by atoms with Crippen LogP contribution in [-0.4, -0.2) is 19.5 Å². The van der Waals surface area contributed by atoms with Crippen molar-refractivity contribution in [3.63, 3.8) is 0 Å². The zero-order valence-corrected chi connectivity index (χ0v) is 19.1. The smallest absolute Gasteiger partial charge is 0.236 e. The standard InChI is InChI=1S/C26H30N4O/c1-15(2)21-13-19(14-22(16(3)4)24(21)31)23-25(28-20-10-8-7-9-11-20)30-18(6)12-17(5)27-26(30)29-23/h7-16,28,31H,1-6H3. The number of benzene rings is 2. The Bertz CT molecular complexity index is 1210. The van der Waals surface area contributed by atoms with Gasteiger partial charge in [-0.25, -0.2) is 9.97 Å². The molecule has 0 unspecified atom stereocenters. The lowest BCUT2D eigenvalue weighted by Crippen LogP contribution is -2.02. The van der Waals surface area contributed by atoms with E-state index in [2.05, 4.69) is 67.5 Å². The summed E-state index contributed by atoms with van der Waals surface area (Å²) >= 11 is 0. The molecule has 0 radical (unpaired) electrons. The van der Waals surface area contributed by atoms with E-state index in [1.165, 1.54) is 0 Å². The summed E-state index contributed by atoms with van der Waals surface area (Å²) in [6.07, 6.45) is 0. The molecule has 2 aromatic heterocycles. The molecule has 2 N–H and O–H groups in total. The Kier molecular flexibility index (Phi) is 5.44. The molecule has 0 fully saturated rings. The minimum atomic E-state index is 0.196. The van der Waals surface area contributed by atoms with Crippen molar-refractivity contribution in [2.24, 2.45) is 0 Å². The summed E-state index contributed by atoms with van der Waals surface area (Å²) in [6.45, 7) is 12.5. The van der Waals surface area contributed by atoms with Gasteiger partial charge in [-0.05, 0) is 67.1 Å². The molecule has 2 aromatic carbocycles. The average molecular weight is 415 g/mol. The SMILES string of the molecule is Cc1cc(C)n2c(Nc3ccccc3)c(-c3cc(C(C)C)c(O)c(C(C)C)c3)nc2n1. The number of aromatic hydroxyl groups is 1. The van der Waals surface area contributed by atoms with E-state index in [0.717, 1.165) is 45.3 Å². The highest BCUT2D eigenvalue weighted by Crippen LogP contribution is 2.40. The molecular weight excluding hydrogens is 384 g/mol.